The third-order valence-corrected chi connectivity index (χ3v) is 1.75. The summed E-state index contributed by atoms with van der Waals surface area (Å²) in [6.45, 7) is 0. The summed E-state index contributed by atoms with van der Waals surface area (Å²) in [7, 11) is 6.31. The molecule has 0 saturated carbocycles. The van der Waals surface area contributed by atoms with E-state index in [2.05, 4.69) is 26.3 Å². The van der Waals surface area contributed by atoms with Gasteiger partial charge in [-0.15, -0.1) is 0 Å². The van der Waals surface area contributed by atoms with Gasteiger partial charge in [0.1, 0.15) is 5.69 Å². The minimum Gasteiger partial charge on any atom is -0.298 e. The molecule has 0 aliphatic heterocycles. The van der Waals surface area contributed by atoms with Gasteiger partial charge in [0.05, 0.1) is 26.8 Å². The molecule has 0 amide bonds. The molecule has 0 saturated heterocycles. The van der Waals surface area contributed by atoms with Gasteiger partial charge >= 0.3 is 0 Å². The standard InChI is InChI=1S/C9H14N3/c1-12(2,3)9-6-4-8(11-10)5-7-9/h4-7,10H,1-3H3/q+1. The molecule has 0 aliphatic rings. The van der Waals surface area contributed by atoms with E-state index in [4.69, 9.17) is 5.53 Å². The summed E-state index contributed by atoms with van der Waals surface area (Å²) in [5.74, 6) is 0. The van der Waals surface area contributed by atoms with Gasteiger partial charge in [-0.1, -0.05) is 0 Å². The van der Waals surface area contributed by atoms with Gasteiger partial charge in [-0.05, 0) is 12.1 Å². The second-order valence-electron chi connectivity index (χ2n) is 3.64. The van der Waals surface area contributed by atoms with Crippen LogP contribution in [0.25, 0.3) is 0 Å². The lowest BCUT2D eigenvalue weighted by molar-refractivity contribution is 0.486. The summed E-state index contributed by atoms with van der Waals surface area (Å²) in [4.78, 5) is 0. The molecule has 1 N–H and O–H groups in total. The molecule has 1 aromatic rings. The normalized spacial score (nSPS) is 11.2. The minimum absolute atomic E-state index is 0.701. The van der Waals surface area contributed by atoms with Gasteiger partial charge in [-0.3, -0.25) is 4.48 Å². The van der Waals surface area contributed by atoms with E-state index in [9.17, 15) is 0 Å². The lowest BCUT2D eigenvalue weighted by Crippen LogP contribution is -2.34. The Balaban J connectivity index is 3.00. The van der Waals surface area contributed by atoms with E-state index >= 15 is 0 Å². The average molecular weight is 164 g/mol. The fourth-order valence-corrected chi connectivity index (χ4v) is 0.974. The first-order chi connectivity index (χ1) is 5.54. The molecule has 1 rings (SSSR count). The van der Waals surface area contributed by atoms with E-state index in [1.165, 1.54) is 5.69 Å². The maximum atomic E-state index is 6.79. The second kappa shape index (κ2) is 3.03. The van der Waals surface area contributed by atoms with Gasteiger partial charge in [0.25, 0.3) is 0 Å². The molecule has 0 heterocycles. The molecule has 0 radical (unpaired) electrons. The first-order valence-electron chi connectivity index (χ1n) is 3.83. The van der Waals surface area contributed by atoms with Crippen LogP contribution in [0.5, 0.6) is 0 Å². The van der Waals surface area contributed by atoms with Crippen molar-refractivity contribution < 1.29 is 0 Å². The summed E-state index contributed by atoms with van der Waals surface area (Å²) in [5.41, 5.74) is 8.70. The van der Waals surface area contributed by atoms with Gasteiger partial charge in [0.15, 0.2) is 0 Å². The number of hydrogen-bond donors (Lipinski definition) is 1. The Morgan fingerprint density at radius 3 is 1.92 bits per heavy atom. The van der Waals surface area contributed by atoms with Crippen LogP contribution in [-0.2, 0) is 0 Å². The molecular formula is C9H14N3+. The van der Waals surface area contributed by atoms with Crippen molar-refractivity contribution in [2.45, 2.75) is 0 Å². The summed E-state index contributed by atoms with van der Waals surface area (Å²) in [6.07, 6.45) is 0. The number of benzene rings is 1. The van der Waals surface area contributed by atoms with E-state index in [1.54, 1.807) is 0 Å². The van der Waals surface area contributed by atoms with E-state index in [-0.39, 0.29) is 0 Å². The number of hydrogen-bond acceptors (Lipinski definition) is 2. The highest BCUT2D eigenvalue weighted by molar-refractivity contribution is 5.49. The van der Waals surface area contributed by atoms with E-state index in [1.807, 2.05) is 24.3 Å². The van der Waals surface area contributed by atoms with Crippen molar-refractivity contribution in [1.82, 2.24) is 4.48 Å². The number of nitrogens with zero attached hydrogens (tertiary/aromatic N) is 2. The third-order valence-electron chi connectivity index (χ3n) is 1.75. The summed E-state index contributed by atoms with van der Waals surface area (Å²) >= 11 is 0. The predicted octanol–water partition coefficient (Wildman–Crippen LogP) is 2.55. The zero-order chi connectivity index (χ0) is 9.19. The summed E-state index contributed by atoms with van der Waals surface area (Å²) < 4.78 is 0.790. The maximum absolute atomic E-state index is 6.79. The Morgan fingerprint density at radius 1 is 1.08 bits per heavy atom. The van der Waals surface area contributed by atoms with Crippen LogP contribution in [0.15, 0.2) is 29.4 Å². The Kier molecular flexibility index (Phi) is 2.24. The van der Waals surface area contributed by atoms with Crippen molar-refractivity contribution in [1.29, 1.82) is 5.53 Å². The first kappa shape index (κ1) is 8.87. The minimum atomic E-state index is 0.701. The predicted molar refractivity (Wildman–Crippen MR) is 50.8 cm³/mol. The van der Waals surface area contributed by atoms with Gasteiger partial charge < -0.3 is 0 Å². The van der Waals surface area contributed by atoms with Gasteiger partial charge in [-0.25, -0.2) is 5.53 Å². The van der Waals surface area contributed by atoms with Crippen LogP contribution >= 0.6 is 0 Å². The lowest BCUT2D eigenvalue weighted by Gasteiger charge is -2.23. The molecule has 0 fully saturated rings. The van der Waals surface area contributed by atoms with Crippen molar-refractivity contribution in [2.24, 2.45) is 5.11 Å². The van der Waals surface area contributed by atoms with Crippen molar-refractivity contribution in [2.75, 3.05) is 21.1 Å². The van der Waals surface area contributed by atoms with Crippen molar-refractivity contribution in [3.63, 3.8) is 0 Å². The molecule has 0 unspecified atom stereocenters. The van der Waals surface area contributed by atoms with Gasteiger partial charge in [-0.2, -0.15) is 5.11 Å². The highest BCUT2D eigenvalue weighted by atomic mass is 15.3. The number of nitrogens with one attached hydrogen (secondary N) is 1. The van der Waals surface area contributed by atoms with Crippen molar-refractivity contribution in [3.05, 3.63) is 24.3 Å². The molecule has 12 heavy (non-hydrogen) atoms. The van der Waals surface area contributed by atoms with Crippen molar-refractivity contribution in [3.8, 4) is 0 Å². The molecule has 1 aromatic carbocycles. The molecule has 0 spiro atoms. The number of quaternary nitrogens is 1. The fourth-order valence-electron chi connectivity index (χ4n) is 0.974. The number of rotatable bonds is 2. The second-order valence-corrected chi connectivity index (χ2v) is 3.64. The Labute approximate surface area is 72.7 Å². The summed E-state index contributed by atoms with van der Waals surface area (Å²) in [6, 6.07) is 7.69. The Bertz CT molecular complexity index is 269. The smallest absolute Gasteiger partial charge is 0.132 e. The summed E-state index contributed by atoms with van der Waals surface area (Å²) in [5, 5.41) is 3.34. The van der Waals surface area contributed by atoms with Gasteiger partial charge in [0.2, 0.25) is 0 Å². The first-order valence-corrected chi connectivity index (χ1v) is 3.83. The Morgan fingerprint density at radius 2 is 1.58 bits per heavy atom. The highest BCUT2D eigenvalue weighted by Gasteiger charge is 2.10. The monoisotopic (exact) mass is 164 g/mol. The van der Waals surface area contributed by atoms with Crippen LogP contribution in [0.4, 0.5) is 11.4 Å². The largest absolute Gasteiger partial charge is 0.298 e. The third kappa shape index (κ3) is 1.89. The van der Waals surface area contributed by atoms with Crippen LogP contribution in [0.2, 0.25) is 0 Å². The van der Waals surface area contributed by atoms with Crippen LogP contribution in [0.3, 0.4) is 0 Å². The molecular weight excluding hydrogens is 150 g/mol. The molecule has 0 bridgehead atoms. The van der Waals surface area contributed by atoms with E-state index in [0.29, 0.717) is 5.69 Å². The maximum Gasteiger partial charge on any atom is 0.132 e. The fraction of sp³-hybridized carbons (Fsp3) is 0.333. The quantitative estimate of drug-likeness (QED) is 0.515. The van der Waals surface area contributed by atoms with Crippen LogP contribution in [0, 0.1) is 5.53 Å². The molecule has 64 valence electrons. The zero-order valence-corrected chi connectivity index (χ0v) is 7.70. The average Bonchev–Trinajstić information content (AvgIpc) is 2.03. The Hall–Kier alpha value is -1.22. The van der Waals surface area contributed by atoms with E-state index < -0.39 is 0 Å². The zero-order valence-electron chi connectivity index (χ0n) is 7.70. The van der Waals surface area contributed by atoms with Crippen molar-refractivity contribution >= 4 is 11.4 Å². The lowest BCUT2D eigenvalue weighted by atomic mass is 10.2. The topological polar surface area (TPSA) is 36.2 Å². The highest BCUT2D eigenvalue weighted by Crippen LogP contribution is 2.20. The molecule has 0 aromatic heterocycles. The SMILES string of the molecule is C[N+](C)(C)c1ccc(N=N)cc1. The van der Waals surface area contributed by atoms with Crippen LogP contribution in [-0.4, -0.2) is 21.1 Å². The van der Waals surface area contributed by atoms with Crippen LogP contribution < -0.4 is 4.48 Å². The van der Waals surface area contributed by atoms with Gasteiger partial charge in [0, 0.05) is 12.1 Å². The molecule has 3 nitrogen and oxygen atoms in total. The van der Waals surface area contributed by atoms with Crippen LogP contribution in [0.1, 0.15) is 0 Å². The van der Waals surface area contributed by atoms with E-state index in [0.717, 1.165) is 4.48 Å². The molecule has 0 atom stereocenters. The molecule has 0 aliphatic carbocycles. The molecule has 3 heteroatoms.